The molecule has 1 fully saturated rings. The molecule has 1 aliphatic rings. The van der Waals surface area contributed by atoms with Crippen molar-refractivity contribution in [3.63, 3.8) is 0 Å². The molecule has 2 amide bonds. The number of ether oxygens (including phenoxy) is 1. The van der Waals surface area contributed by atoms with Gasteiger partial charge in [-0.1, -0.05) is 53.5 Å². The zero-order valence-electron chi connectivity index (χ0n) is 19.0. The van der Waals surface area contributed by atoms with E-state index in [1.807, 2.05) is 36.9 Å². The van der Waals surface area contributed by atoms with Crippen molar-refractivity contribution in [3.8, 4) is 0 Å². The number of amides is 2. The molecular weight excluding hydrogens is 473 g/mol. The van der Waals surface area contributed by atoms with E-state index >= 15 is 0 Å². The molecule has 0 bridgehead atoms. The molecule has 0 spiro atoms. The van der Waals surface area contributed by atoms with Gasteiger partial charge in [-0.25, -0.2) is 4.90 Å². The van der Waals surface area contributed by atoms with Gasteiger partial charge >= 0.3 is 0 Å². The monoisotopic (exact) mass is 497 g/mol. The Bertz CT molecular complexity index is 1180. The van der Waals surface area contributed by atoms with Crippen molar-refractivity contribution in [1.29, 1.82) is 0 Å². The predicted molar refractivity (Wildman–Crippen MR) is 134 cm³/mol. The topological polar surface area (TPSA) is 62.7 Å². The Morgan fingerprint density at radius 1 is 1.00 bits per heavy atom. The summed E-state index contributed by atoms with van der Waals surface area (Å²) < 4.78 is 5.52. The molecule has 8 heteroatoms. The van der Waals surface area contributed by atoms with Gasteiger partial charge in [0.2, 0.25) is 0 Å². The summed E-state index contributed by atoms with van der Waals surface area (Å²) in [7, 11) is 0. The van der Waals surface area contributed by atoms with Crippen LogP contribution in [0, 0.1) is 13.8 Å². The number of carbonyl (C=O) groups excluding carboxylic acids is 2. The fraction of sp³-hybridized carbons (Fsp3) is 0.269. The smallest absolute Gasteiger partial charge is 0.283 e. The molecule has 0 N–H and O–H groups in total. The van der Waals surface area contributed by atoms with Gasteiger partial charge in [-0.05, 0) is 54.8 Å². The SMILES string of the molecule is Cc1cccc(C)c1N(C(=O)c1ccccn1)C(=O)C(c1ccc(Cl)cc1Cl)N1CCOCC1. The van der Waals surface area contributed by atoms with Gasteiger partial charge < -0.3 is 4.74 Å². The van der Waals surface area contributed by atoms with Gasteiger partial charge in [-0.2, -0.15) is 0 Å². The van der Waals surface area contributed by atoms with E-state index < -0.39 is 17.9 Å². The van der Waals surface area contributed by atoms with Crippen LogP contribution in [-0.2, 0) is 9.53 Å². The fourth-order valence-electron chi connectivity index (χ4n) is 4.24. The minimum atomic E-state index is -0.805. The lowest BCUT2D eigenvalue weighted by atomic mass is 10.0. The molecule has 34 heavy (non-hydrogen) atoms. The van der Waals surface area contributed by atoms with E-state index in [0.717, 1.165) is 11.1 Å². The zero-order chi connectivity index (χ0) is 24.2. The van der Waals surface area contributed by atoms with Gasteiger partial charge in [0.1, 0.15) is 11.7 Å². The maximum atomic E-state index is 14.4. The quantitative estimate of drug-likeness (QED) is 0.481. The molecule has 6 nitrogen and oxygen atoms in total. The Morgan fingerprint density at radius 2 is 1.71 bits per heavy atom. The first-order valence-corrected chi connectivity index (χ1v) is 11.8. The molecule has 1 unspecified atom stereocenters. The van der Waals surface area contributed by atoms with E-state index in [9.17, 15) is 9.59 Å². The largest absolute Gasteiger partial charge is 0.379 e. The maximum absolute atomic E-state index is 14.4. The lowest BCUT2D eigenvalue weighted by molar-refractivity contribution is -0.125. The first kappa shape index (κ1) is 24.4. The highest BCUT2D eigenvalue weighted by molar-refractivity contribution is 6.35. The Labute approximate surface area is 209 Å². The summed E-state index contributed by atoms with van der Waals surface area (Å²) in [6.45, 7) is 5.77. The second kappa shape index (κ2) is 10.7. The first-order valence-electron chi connectivity index (χ1n) is 11.0. The molecule has 0 saturated carbocycles. The minimum Gasteiger partial charge on any atom is -0.379 e. The number of anilines is 1. The highest BCUT2D eigenvalue weighted by atomic mass is 35.5. The molecule has 1 saturated heterocycles. The van der Waals surface area contributed by atoms with Gasteiger partial charge in [-0.3, -0.25) is 19.5 Å². The first-order chi connectivity index (χ1) is 16.4. The van der Waals surface area contributed by atoms with Crippen molar-refractivity contribution in [3.05, 3.63) is 93.2 Å². The van der Waals surface area contributed by atoms with Crippen molar-refractivity contribution >= 4 is 40.7 Å². The average molecular weight is 498 g/mol. The predicted octanol–water partition coefficient (Wildman–Crippen LogP) is 5.25. The fourth-order valence-corrected chi connectivity index (χ4v) is 4.75. The van der Waals surface area contributed by atoms with E-state index in [2.05, 4.69) is 4.98 Å². The summed E-state index contributed by atoms with van der Waals surface area (Å²) in [5.74, 6) is -0.898. The number of halogens is 2. The van der Waals surface area contributed by atoms with Crippen LogP contribution in [0.2, 0.25) is 10.0 Å². The average Bonchev–Trinajstić information content (AvgIpc) is 2.84. The third-order valence-corrected chi connectivity index (χ3v) is 6.43. The molecule has 0 radical (unpaired) electrons. The molecule has 1 atom stereocenters. The van der Waals surface area contributed by atoms with E-state index in [0.29, 0.717) is 47.6 Å². The number of pyridine rings is 1. The van der Waals surface area contributed by atoms with Crippen LogP contribution in [0.5, 0.6) is 0 Å². The molecule has 2 aromatic carbocycles. The van der Waals surface area contributed by atoms with Crippen LogP contribution < -0.4 is 4.90 Å². The number of para-hydroxylation sites is 1. The van der Waals surface area contributed by atoms with Crippen molar-refractivity contribution in [2.45, 2.75) is 19.9 Å². The van der Waals surface area contributed by atoms with Crippen LogP contribution in [0.4, 0.5) is 5.69 Å². The number of rotatable bonds is 5. The van der Waals surface area contributed by atoms with Crippen molar-refractivity contribution < 1.29 is 14.3 Å². The summed E-state index contributed by atoms with van der Waals surface area (Å²) >= 11 is 12.7. The third kappa shape index (κ3) is 5.00. The van der Waals surface area contributed by atoms with Crippen molar-refractivity contribution in [1.82, 2.24) is 9.88 Å². The molecule has 176 valence electrons. The number of morpholine rings is 1. The van der Waals surface area contributed by atoms with Crippen molar-refractivity contribution in [2.75, 3.05) is 31.2 Å². The Morgan fingerprint density at radius 3 is 2.32 bits per heavy atom. The van der Waals surface area contributed by atoms with Crippen LogP contribution >= 0.6 is 23.2 Å². The number of benzene rings is 2. The molecule has 1 aromatic heterocycles. The Hall–Kier alpha value is -2.77. The van der Waals surface area contributed by atoms with E-state index in [1.54, 1.807) is 36.4 Å². The van der Waals surface area contributed by atoms with Gasteiger partial charge in [0.05, 0.1) is 18.9 Å². The number of imide groups is 1. The number of hydrogen-bond acceptors (Lipinski definition) is 5. The second-order valence-electron chi connectivity index (χ2n) is 8.15. The maximum Gasteiger partial charge on any atom is 0.283 e. The molecule has 0 aliphatic carbocycles. The van der Waals surface area contributed by atoms with E-state index in [4.69, 9.17) is 27.9 Å². The summed E-state index contributed by atoms with van der Waals surface area (Å²) in [6, 6.07) is 15.0. The van der Waals surface area contributed by atoms with Crippen LogP contribution in [-0.4, -0.2) is 48.0 Å². The third-order valence-electron chi connectivity index (χ3n) is 5.87. The van der Waals surface area contributed by atoms with Crippen LogP contribution in [0.25, 0.3) is 0 Å². The molecule has 2 heterocycles. The highest BCUT2D eigenvalue weighted by Crippen LogP contribution is 2.35. The Kier molecular flexibility index (Phi) is 7.63. The van der Waals surface area contributed by atoms with Gasteiger partial charge in [0.25, 0.3) is 11.8 Å². The molecule has 4 rings (SSSR count). The van der Waals surface area contributed by atoms with Crippen LogP contribution in [0.15, 0.2) is 60.8 Å². The van der Waals surface area contributed by atoms with Gasteiger partial charge in [0, 0.05) is 29.3 Å². The summed E-state index contributed by atoms with van der Waals surface area (Å²) in [4.78, 5) is 35.7. The minimum absolute atomic E-state index is 0.182. The lowest BCUT2D eigenvalue weighted by Crippen LogP contribution is -2.49. The zero-order valence-corrected chi connectivity index (χ0v) is 20.5. The van der Waals surface area contributed by atoms with E-state index in [-0.39, 0.29) is 5.69 Å². The summed E-state index contributed by atoms with van der Waals surface area (Å²) in [5.41, 5.74) is 2.93. The highest BCUT2D eigenvalue weighted by Gasteiger charge is 2.38. The molecule has 1 aliphatic heterocycles. The van der Waals surface area contributed by atoms with Gasteiger partial charge in [-0.15, -0.1) is 0 Å². The molecular formula is C26H25Cl2N3O3. The van der Waals surface area contributed by atoms with Crippen LogP contribution in [0.3, 0.4) is 0 Å². The number of hydrogen-bond donors (Lipinski definition) is 0. The standard InChI is InChI=1S/C26H25Cl2N3O3/c1-17-6-5-7-18(2)23(17)31(25(32)22-8-3-4-11-29-22)26(33)24(30-12-14-34-15-13-30)20-10-9-19(27)16-21(20)28/h3-11,16,24H,12-15H2,1-2H3. The normalized spacial score (nSPS) is 15.1. The van der Waals surface area contributed by atoms with Crippen molar-refractivity contribution in [2.24, 2.45) is 0 Å². The Balaban J connectivity index is 1.88. The second-order valence-corrected chi connectivity index (χ2v) is 8.99. The van der Waals surface area contributed by atoms with E-state index in [1.165, 1.54) is 11.1 Å². The number of aryl methyl sites for hydroxylation is 2. The number of carbonyl (C=O) groups is 2. The van der Waals surface area contributed by atoms with Crippen LogP contribution in [0.1, 0.15) is 33.2 Å². The number of nitrogens with zero attached hydrogens (tertiary/aromatic N) is 3. The summed E-state index contributed by atoms with van der Waals surface area (Å²) in [5, 5.41) is 0.835. The summed E-state index contributed by atoms with van der Waals surface area (Å²) in [6.07, 6.45) is 1.54. The lowest BCUT2D eigenvalue weighted by Gasteiger charge is -2.37. The number of aromatic nitrogens is 1. The van der Waals surface area contributed by atoms with Gasteiger partial charge in [0.15, 0.2) is 0 Å². The molecule has 3 aromatic rings.